The molecule has 1 atom stereocenters. The molecule has 1 N–H and O–H groups in total. The third kappa shape index (κ3) is 3.69. The van der Waals surface area contributed by atoms with Gasteiger partial charge in [-0.3, -0.25) is 9.59 Å². The molecule has 0 radical (unpaired) electrons. The van der Waals surface area contributed by atoms with Gasteiger partial charge in [0.1, 0.15) is 6.04 Å². The number of amides is 2. The lowest BCUT2D eigenvalue weighted by atomic mass is 10.3. The van der Waals surface area contributed by atoms with Crippen LogP contribution in [0.5, 0.6) is 0 Å². The van der Waals surface area contributed by atoms with E-state index in [1.807, 2.05) is 0 Å². The highest BCUT2D eigenvalue weighted by Crippen LogP contribution is 2.06. The highest BCUT2D eigenvalue weighted by Gasteiger charge is 2.27. The van der Waals surface area contributed by atoms with Gasteiger partial charge in [-0.1, -0.05) is 0 Å². The Bertz CT molecular complexity index is 430. The first-order valence-corrected chi connectivity index (χ1v) is 7.75. The zero-order valence-corrected chi connectivity index (χ0v) is 11.8. The number of carbonyl (C=O) groups is 2. The van der Waals surface area contributed by atoms with E-state index < -0.39 is 21.1 Å². The maximum atomic E-state index is 11.9. The van der Waals surface area contributed by atoms with Crippen LogP contribution in [0.4, 0.5) is 0 Å². The Morgan fingerprint density at radius 1 is 1.39 bits per heavy atom. The monoisotopic (exact) mass is 276 g/mol. The predicted octanol–water partition coefficient (Wildman–Crippen LogP) is -0.453. The largest absolute Gasteiger partial charge is 0.345 e. The van der Waals surface area contributed by atoms with Gasteiger partial charge in [-0.2, -0.15) is 0 Å². The topological polar surface area (TPSA) is 83.6 Å². The van der Waals surface area contributed by atoms with Gasteiger partial charge in [0.15, 0.2) is 9.84 Å². The van der Waals surface area contributed by atoms with E-state index in [0.717, 1.165) is 0 Å². The molecular weight excluding hydrogens is 256 g/mol. The molecule has 1 aliphatic heterocycles. The van der Waals surface area contributed by atoms with Crippen LogP contribution in [0.25, 0.3) is 0 Å². The average Bonchev–Trinajstić information content (AvgIpc) is 2.38. The molecule has 1 aliphatic rings. The molecule has 1 rings (SSSR count). The summed E-state index contributed by atoms with van der Waals surface area (Å²) < 4.78 is 23.4. The molecule has 0 aromatic rings. The normalized spacial score (nSPS) is 22.0. The van der Waals surface area contributed by atoms with Crippen molar-refractivity contribution in [1.29, 1.82) is 0 Å². The Labute approximate surface area is 108 Å². The minimum absolute atomic E-state index is 0.0582. The van der Waals surface area contributed by atoms with Crippen LogP contribution in [0.3, 0.4) is 0 Å². The van der Waals surface area contributed by atoms with Crippen molar-refractivity contribution in [3.63, 3.8) is 0 Å². The van der Waals surface area contributed by atoms with E-state index in [2.05, 4.69) is 5.32 Å². The molecule has 1 fully saturated rings. The van der Waals surface area contributed by atoms with Crippen LogP contribution in [-0.4, -0.2) is 55.3 Å². The fraction of sp³-hybridized carbons (Fsp3) is 0.818. The fourth-order valence-electron chi connectivity index (χ4n) is 1.69. The Hall–Kier alpha value is -1.11. The second kappa shape index (κ2) is 5.69. The van der Waals surface area contributed by atoms with Crippen molar-refractivity contribution in [2.24, 2.45) is 0 Å². The molecule has 1 saturated heterocycles. The van der Waals surface area contributed by atoms with Crippen molar-refractivity contribution in [3.8, 4) is 0 Å². The number of carbonyl (C=O) groups excluding carboxylic acids is 2. The van der Waals surface area contributed by atoms with Gasteiger partial charge in [0, 0.05) is 19.5 Å². The van der Waals surface area contributed by atoms with Gasteiger partial charge in [-0.25, -0.2) is 8.42 Å². The van der Waals surface area contributed by atoms with Gasteiger partial charge in [0.05, 0.1) is 11.0 Å². The molecule has 2 amide bonds. The quantitative estimate of drug-likeness (QED) is 0.753. The Balaban J connectivity index is 2.66. The maximum Gasteiger partial charge on any atom is 0.244 e. The lowest BCUT2D eigenvalue weighted by molar-refractivity contribution is -0.132. The van der Waals surface area contributed by atoms with Gasteiger partial charge in [-0.05, 0) is 20.8 Å². The van der Waals surface area contributed by atoms with Gasteiger partial charge in [0.25, 0.3) is 0 Å². The van der Waals surface area contributed by atoms with E-state index in [1.165, 1.54) is 4.90 Å². The molecule has 18 heavy (non-hydrogen) atoms. The Kier molecular flexibility index (Phi) is 4.72. The first-order valence-electron chi connectivity index (χ1n) is 6.03. The summed E-state index contributed by atoms with van der Waals surface area (Å²) in [5.41, 5.74) is 0. The van der Waals surface area contributed by atoms with Crippen molar-refractivity contribution in [2.45, 2.75) is 38.5 Å². The third-order valence-corrected chi connectivity index (χ3v) is 5.22. The first kappa shape index (κ1) is 14.9. The molecule has 0 spiro atoms. The molecular formula is C11H20N2O4S. The fourth-order valence-corrected chi connectivity index (χ4v) is 2.64. The molecule has 6 nitrogen and oxygen atoms in total. The van der Waals surface area contributed by atoms with Crippen molar-refractivity contribution in [2.75, 3.05) is 18.8 Å². The van der Waals surface area contributed by atoms with Gasteiger partial charge >= 0.3 is 0 Å². The summed E-state index contributed by atoms with van der Waals surface area (Å²) in [6.45, 7) is 5.28. The number of hydrogen-bond acceptors (Lipinski definition) is 4. The minimum Gasteiger partial charge on any atom is -0.345 e. The molecule has 0 aromatic carbocycles. The van der Waals surface area contributed by atoms with Gasteiger partial charge < -0.3 is 10.2 Å². The molecule has 1 heterocycles. The van der Waals surface area contributed by atoms with Crippen molar-refractivity contribution in [1.82, 2.24) is 10.2 Å². The average molecular weight is 276 g/mol. The second-order valence-electron chi connectivity index (χ2n) is 4.78. The molecule has 104 valence electrons. The van der Waals surface area contributed by atoms with Crippen LogP contribution in [0.1, 0.15) is 27.2 Å². The van der Waals surface area contributed by atoms with E-state index in [4.69, 9.17) is 0 Å². The second-order valence-corrected chi connectivity index (χ2v) is 7.46. The van der Waals surface area contributed by atoms with Crippen LogP contribution in [-0.2, 0) is 19.4 Å². The van der Waals surface area contributed by atoms with E-state index >= 15 is 0 Å². The molecule has 0 bridgehead atoms. The van der Waals surface area contributed by atoms with E-state index in [-0.39, 0.29) is 37.1 Å². The number of sulfone groups is 1. The highest BCUT2D eigenvalue weighted by molar-refractivity contribution is 7.92. The van der Waals surface area contributed by atoms with Crippen molar-refractivity contribution >= 4 is 21.7 Å². The summed E-state index contributed by atoms with van der Waals surface area (Å²) in [7, 11) is -3.16. The summed E-state index contributed by atoms with van der Waals surface area (Å²) in [6, 6.07) is -0.582. The molecule has 1 unspecified atom stereocenters. The summed E-state index contributed by atoms with van der Waals surface area (Å²) in [5, 5.41) is 2.11. The van der Waals surface area contributed by atoms with Gasteiger partial charge in [-0.15, -0.1) is 0 Å². The van der Waals surface area contributed by atoms with E-state index in [0.29, 0.717) is 0 Å². The smallest absolute Gasteiger partial charge is 0.244 e. The molecule has 0 aromatic heterocycles. The zero-order valence-electron chi connectivity index (χ0n) is 11.0. The number of rotatable bonds is 4. The Morgan fingerprint density at radius 2 is 2.00 bits per heavy atom. The van der Waals surface area contributed by atoms with Gasteiger partial charge in [0.2, 0.25) is 11.8 Å². The zero-order chi connectivity index (χ0) is 13.9. The number of hydrogen-bond donors (Lipinski definition) is 1. The minimum atomic E-state index is -3.16. The summed E-state index contributed by atoms with van der Waals surface area (Å²) in [6.07, 6.45) is 0.220. The summed E-state index contributed by atoms with van der Waals surface area (Å²) in [5.74, 6) is -0.456. The Morgan fingerprint density at radius 3 is 2.56 bits per heavy atom. The van der Waals surface area contributed by atoms with Crippen LogP contribution in [0.2, 0.25) is 0 Å². The first-order chi connectivity index (χ1) is 8.24. The molecule has 0 saturated carbocycles. The predicted molar refractivity (Wildman–Crippen MR) is 67.7 cm³/mol. The third-order valence-electron chi connectivity index (χ3n) is 3.03. The van der Waals surface area contributed by atoms with Crippen LogP contribution < -0.4 is 5.32 Å². The summed E-state index contributed by atoms with van der Waals surface area (Å²) in [4.78, 5) is 24.6. The SMILES string of the molecule is CC1NC(=O)CCN(CCS(=O)(=O)C(C)C)C1=O. The maximum absolute atomic E-state index is 11.9. The molecule has 0 aliphatic carbocycles. The van der Waals surface area contributed by atoms with Crippen molar-refractivity contribution < 1.29 is 18.0 Å². The van der Waals surface area contributed by atoms with Crippen LogP contribution in [0, 0.1) is 0 Å². The summed E-state index contributed by atoms with van der Waals surface area (Å²) >= 11 is 0. The van der Waals surface area contributed by atoms with E-state index in [9.17, 15) is 18.0 Å². The lowest BCUT2D eigenvalue weighted by Gasteiger charge is -2.22. The van der Waals surface area contributed by atoms with Crippen LogP contribution in [0.15, 0.2) is 0 Å². The number of nitrogens with one attached hydrogen (secondary N) is 1. The highest BCUT2D eigenvalue weighted by atomic mass is 32.2. The number of nitrogens with zero attached hydrogens (tertiary/aromatic N) is 1. The standard InChI is InChI=1S/C11H20N2O4S/c1-8(2)18(16,17)7-6-13-5-4-10(14)12-9(3)11(13)15/h8-9H,4-7H2,1-3H3,(H,12,14). The van der Waals surface area contributed by atoms with E-state index in [1.54, 1.807) is 20.8 Å². The molecule has 7 heteroatoms. The van der Waals surface area contributed by atoms with Crippen molar-refractivity contribution in [3.05, 3.63) is 0 Å². The lowest BCUT2D eigenvalue weighted by Crippen LogP contribution is -2.44. The van der Waals surface area contributed by atoms with Crippen LogP contribution >= 0.6 is 0 Å².